The second-order valence-electron chi connectivity index (χ2n) is 5.16. The summed E-state index contributed by atoms with van der Waals surface area (Å²) in [6.07, 6.45) is 3.83. The molecular weight excluding hydrogens is 224 g/mol. The van der Waals surface area contributed by atoms with Gasteiger partial charge in [-0.15, -0.1) is 0 Å². The highest BCUT2D eigenvalue weighted by atomic mass is 16.3. The number of anilines is 1. The van der Waals surface area contributed by atoms with Gasteiger partial charge in [0.1, 0.15) is 6.07 Å². The molecule has 0 bridgehead atoms. The van der Waals surface area contributed by atoms with E-state index in [2.05, 4.69) is 11.0 Å². The summed E-state index contributed by atoms with van der Waals surface area (Å²) in [5.41, 5.74) is 2.76. The second-order valence-corrected chi connectivity index (χ2v) is 5.16. The van der Waals surface area contributed by atoms with Crippen LogP contribution in [0.2, 0.25) is 0 Å². The Labute approximate surface area is 109 Å². The molecule has 0 spiro atoms. The molecule has 2 atom stereocenters. The minimum Gasteiger partial charge on any atom is -0.391 e. The van der Waals surface area contributed by atoms with Crippen LogP contribution in [0, 0.1) is 18.3 Å². The van der Waals surface area contributed by atoms with Gasteiger partial charge in [-0.25, -0.2) is 0 Å². The number of aliphatic hydroxyl groups is 1. The monoisotopic (exact) mass is 244 g/mol. The number of rotatable bonds is 2. The number of likely N-dealkylation sites (N-methyl/N-ethyl adjacent to an activating group) is 1. The maximum atomic E-state index is 10.1. The largest absolute Gasteiger partial charge is 0.391 e. The Balaban J connectivity index is 2.30. The molecule has 1 fully saturated rings. The minimum atomic E-state index is -0.282. The van der Waals surface area contributed by atoms with Crippen molar-refractivity contribution in [3.8, 4) is 6.07 Å². The highest BCUT2D eigenvalue weighted by molar-refractivity contribution is 5.61. The van der Waals surface area contributed by atoms with E-state index in [1.807, 2.05) is 32.2 Å². The summed E-state index contributed by atoms with van der Waals surface area (Å²) in [4.78, 5) is 2.08. The van der Waals surface area contributed by atoms with Crippen LogP contribution in [-0.2, 0) is 0 Å². The summed E-state index contributed by atoms with van der Waals surface area (Å²) in [5.74, 6) is 0. The molecule has 0 radical (unpaired) electrons. The van der Waals surface area contributed by atoms with Gasteiger partial charge in [-0.05, 0) is 37.5 Å². The normalized spacial score (nSPS) is 23.4. The zero-order chi connectivity index (χ0) is 13.1. The quantitative estimate of drug-likeness (QED) is 0.870. The molecular formula is C15H20N2O. The van der Waals surface area contributed by atoms with Crippen molar-refractivity contribution in [2.24, 2.45) is 0 Å². The van der Waals surface area contributed by atoms with Crippen LogP contribution in [0.25, 0.3) is 0 Å². The van der Waals surface area contributed by atoms with Crippen molar-refractivity contribution in [2.45, 2.75) is 44.8 Å². The van der Waals surface area contributed by atoms with Crippen molar-refractivity contribution in [3.63, 3.8) is 0 Å². The number of aryl methyl sites for hydroxylation is 1. The molecule has 18 heavy (non-hydrogen) atoms. The lowest BCUT2D eigenvalue weighted by Gasteiger charge is -2.37. The minimum absolute atomic E-state index is 0.132. The average Bonchev–Trinajstić information content (AvgIpc) is 2.38. The predicted molar refractivity (Wildman–Crippen MR) is 72.6 cm³/mol. The van der Waals surface area contributed by atoms with Crippen LogP contribution in [0.3, 0.4) is 0 Å². The first-order chi connectivity index (χ1) is 8.63. The lowest BCUT2D eigenvalue weighted by Crippen LogP contribution is -2.43. The standard InChI is InChI=1S/C15H20N2O/c1-11-7-8-12(10-16)14(9-11)17(2)13-5-3-4-6-15(13)18/h7-9,13,15,18H,3-6H2,1-2H3. The molecule has 1 aromatic rings. The third-order valence-electron chi connectivity index (χ3n) is 3.85. The van der Waals surface area contributed by atoms with Crippen LogP contribution in [-0.4, -0.2) is 24.3 Å². The van der Waals surface area contributed by atoms with E-state index in [0.717, 1.165) is 36.9 Å². The summed E-state index contributed by atoms with van der Waals surface area (Å²) in [5, 5.41) is 19.3. The van der Waals surface area contributed by atoms with Gasteiger partial charge in [0.25, 0.3) is 0 Å². The van der Waals surface area contributed by atoms with Crippen molar-refractivity contribution < 1.29 is 5.11 Å². The molecule has 1 aromatic carbocycles. The van der Waals surface area contributed by atoms with E-state index >= 15 is 0 Å². The van der Waals surface area contributed by atoms with Crippen molar-refractivity contribution in [2.75, 3.05) is 11.9 Å². The SMILES string of the molecule is Cc1ccc(C#N)c(N(C)C2CCCCC2O)c1. The lowest BCUT2D eigenvalue weighted by atomic mass is 9.91. The molecule has 1 N–H and O–H groups in total. The van der Waals surface area contributed by atoms with Crippen molar-refractivity contribution in [3.05, 3.63) is 29.3 Å². The van der Waals surface area contributed by atoms with E-state index < -0.39 is 0 Å². The number of aliphatic hydroxyl groups excluding tert-OH is 1. The zero-order valence-electron chi connectivity index (χ0n) is 11.1. The molecule has 0 aromatic heterocycles. The van der Waals surface area contributed by atoms with Gasteiger partial charge in [0, 0.05) is 7.05 Å². The van der Waals surface area contributed by atoms with Gasteiger partial charge in [0.05, 0.1) is 23.4 Å². The number of nitriles is 1. The molecule has 1 aliphatic rings. The fourth-order valence-corrected chi connectivity index (χ4v) is 2.75. The average molecular weight is 244 g/mol. The molecule has 3 nitrogen and oxygen atoms in total. The zero-order valence-corrected chi connectivity index (χ0v) is 11.1. The molecule has 0 aliphatic heterocycles. The van der Waals surface area contributed by atoms with Crippen LogP contribution in [0.4, 0.5) is 5.69 Å². The van der Waals surface area contributed by atoms with Crippen molar-refractivity contribution >= 4 is 5.69 Å². The Morgan fingerprint density at radius 2 is 2.06 bits per heavy atom. The number of nitrogens with zero attached hydrogens (tertiary/aromatic N) is 2. The molecule has 2 rings (SSSR count). The Kier molecular flexibility index (Phi) is 3.88. The highest BCUT2D eigenvalue weighted by Crippen LogP contribution is 2.29. The summed E-state index contributed by atoms with van der Waals surface area (Å²) < 4.78 is 0. The lowest BCUT2D eigenvalue weighted by molar-refractivity contribution is 0.106. The molecule has 3 heteroatoms. The second kappa shape index (κ2) is 5.41. The fraction of sp³-hybridized carbons (Fsp3) is 0.533. The highest BCUT2D eigenvalue weighted by Gasteiger charge is 2.27. The number of hydrogen-bond donors (Lipinski definition) is 1. The Morgan fingerprint density at radius 3 is 2.72 bits per heavy atom. The Hall–Kier alpha value is -1.53. The first kappa shape index (κ1) is 12.9. The van der Waals surface area contributed by atoms with E-state index in [9.17, 15) is 10.4 Å². The molecule has 0 heterocycles. The van der Waals surface area contributed by atoms with Crippen LogP contribution < -0.4 is 4.90 Å². The predicted octanol–water partition coefficient (Wildman–Crippen LogP) is 2.61. The van der Waals surface area contributed by atoms with E-state index in [-0.39, 0.29) is 12.1 Å². The number of benzene rings is 1. The van der Waals surface area contributed by atoms with Gasteiger partial charge in [0.15, 0.2) is 0 Å². The maximum Gasteiger partial charge on any atom is 0.101 e. The van der Waals surface area contributed by atoms with Gasteiger partial charge in [-0.2, -0.15) is 5.26 Å². The van der Waals surface area contributed by atoms with Crippen LogP contribution in [0.1, 0.15) is 36.8 Å². The van der Waals surface area contributed by atoms with E-state index in [1.165, 1.54) is 0 Å². The summed E-state index contributed by atoms with van der Waals surface area (Å²) >= 11 is 0. The number of hydrogen-bond acceptors (Lipinski definition) is 3. The summed E-state index contributed by atoms with van der Waals surface area (Å²) in [7, 11) is 1.98. The maximum absolute atomic E-state index is 10.1. The van der Waals surface area contributed by atoms with Gasteiger partial charge >= 0.3 is 0 Å². The van der Waals surface area contributed by atoms with Gasteiger partial charge in [0.2, 0.25) is 0 Å². The summed E-state index contributed by atoms with van der Waals surface area (Å²) in [6, 6.07) is 8.20. The topological polar surface area (TPSA) is 47.3 Å². The van der Waals surface area contributed by atoms with Crippen molar-refractivity contribution in [1.29, 1.82) is 5.26 Å². The van der Waals surface area contributed by atoms with E-state index in [1.54, 1.807) is 0 Å². The summed E-state index contributed by atoms with van der Waals surface area (Å²) in [6.45, 7) is 2.02. The Morgan fingerprint density at radius 1 is 1.33 bits per heavy atom. The smallest absolute Gasteiger partial charge is 0.101 e. The van der Waals surface area contributed by atoms with E-state index in [0.29, 0.717) is 5.56 Å². The van der Waals surface area contributed by atoms with Gasteiger partial charge < -0.3 is 10.0 Å². The van der Waals surface area contributed by atoms with Crippen LogP contribution in [0.15, 0.2) is 18.2 Å². The third kappa shape index (κ3) is 2.49. The van der Waals surface area contributed by atoms with Crippen LogP contribution >= 0.6 is 0 Å². The van der Waals surface area contributed by atoms with Gasteiger partial charge in [-0.1, -0.05) is 18.9 Å². The van der Waals surface area contributed by atoms with Gasteiger partial charge in [-0.3, -0.25) is 0 Å². The molecule has 0 saturated heterocycles. The van der Waals surface area contributed by atoms with Crippen LogP contribution in [0.5, 0.6) is 0 Å². The molecule has 1 saturated carbocycles. The fourth-order valence-electron chi connectivity index (χ4n) is 2.75. The molecule has 0 amide bonds. The Bertz CT molecular complexity index is 464. The van der Waals surface area contributed by atoms with Crippen molar-refractivity contribution in [1.82, 2.24) is 0 Å². The first-order valence-corrected chi connectivity index (χ1v) is 6.55. The first-order valence-electron chi connectivity index (χ1n) is 6.55. The molecule has 1 aliphatic carbocycles. The molecule has 96 valence electrons. The third-order valence-corrected chi connectivity index (χ3v) is 3.85. The van der Waals surface area contributed by atoms with E-state index in [4.69, 9.17) is 0 Å². The molecule has 2 unspecified atom stereocenters.